The Morgan fingerprint density at radius 3 is 2.50 bits per heavy atom. The Hall–Kier alpha value is -1.45. The number of aliphatic carboxylic acids is 1. The van der Waals surface area contributed by atoms with Gasteiger partial charge < -0.3 is 5.11 Å². The van der Waals surface area contributed by atoms with E-state index in [0.29, 0.717) is 32.1 Å². The van der Waals surface area contributed by atoms with E-state index in [4.69, 9.17) is 0 Å². The number of rotatable bonds is 5. The van der Waals surface area contributed by atoms with Gasteiger partial charge in [-0.25, -0.2) is 0 Å². The molecule has 0 radical (unpaired) electrons. The second-order valence-corrected chi connectivity index (χ2v) is 8.37. The first-order valence-electron chi connectivity index (χ1n) is 9.04. The van der Waals surface area contributed by atoms with Crippen LogP contribution in [-0.4, -0.2) is 23.1 Å². The van der Waals surface area contributed by atoms with E-state index in [2.05, 4.69) is 6.92 Å². The molecule has 0 unspecified atom stereocenters. The predicted molar refractivity (Wildman–Crippen MR) is 92.6 cm³/mol. The Morgan fingerprint density at radius 2 is 1.96 bits per heavy atom. The molecule has 0 spiro atoms. The Kier molecular flexibility index (Phi) is 5.36. The van der Waals surface area contributed by atoms with Crippen LogP contribution in [0, 0.1) is 22.7 Å². The van der Waals surface area contributed by atoms with Gasteiger partial charge in [0.2, 0.25) is 0 Å². The summed E-state index contributed by atoms with van der Waals surface area (Å²) in [4.78, 5) is 35.8. The van der Waals surface area contributed by atoms with Gasteiger partial charge in [0.1, 0.15) is 12.1 Å². The van der Waals surface area contributed by atoms with Gasteiger partial charge in [-0.1, -0.05) is 18.9 Å². The molecule has 0 amide bonds. The minimum atomic E-state index is -0.740. The van der Waals surface area contributed by atoms with Crippen LogP contribution in [0.2, 0.25) is 0 Å². The number of allylic oxidation sites excluding steroid dienone is 2. The van der Waals surface area contributed by atoms with Gasteiger partial charge >= 0.3 is 5.97 Å². The van der Waals surface area contributed by atoms with Crippen molar-refractivity contribution in [1.82, 2.24) is 0 Å². The van der Waals surface area contributed by atoms with Crippen molar-refractivity contribution < 1.29 is 19.5 Å². The maximum Gasteiger partial charge on any atom is 0.309 e. The van der Waals surface area contributed by atoms with E-state index in [1.54, 1.807) is 0 Å². The van der Waals surface area contributed by atoms with Gasteiger partial charge in [-0.15, -0.1) is 0 Å². The van der Waals surface area contributed by atoms with Crippen LogP contribution in [0.15, 0.2) is 11.1 Å². The largest absolute Gasteiger partial charge is 0.481 e. The van der Waals surface area contributed by atoms with Crippen molar-refractivity contribution in [3.8, 4) is 0 Å². The SMILES string of the molecule is CC(C)=C(C=O)CC[C@H]1C(=O)CC[C@@H]2[C@]1(C)CCC[C@@]2(C)C(=O)O. The summed E-state index contributed by atoms with van der Waals surface area (Å²) in [7, 11) is 0. The maximum atomic E-state index is 12.7. The molecule has 0 aromatic heterocycles. The van der Waals surface area contributed by atoms with E-state index in [9.17, 15) is 19.5 Å². The topological polar surface area (TPSA) is 71.4 Å². The second-order valence-electron chi connectivity index (χ2n) is 8.37. The van der Waals surface area contributed by atoms with Gasteiger partial charge in [0.05, 0.1) is 5.41 Å². The average molecular weight is 334 g/mol. The fraction of sp³-hybridized carbons (Fsp3) is 0.750. The summed E-state index contributed by atoms with van der Waals surface area (Å²) in [6.07, 6.45) is 5.75. The highest BCUT2D eigenvalue weighted by Crippen LogP contribution is 2.60. The molecule has 4 nitrogen and oxygen atoms in total. The molecule has 2 aliphatic carbocycles. The monoisotopic (exact) mass is 334 g/mol. The molecule has 0 heterocycles. The number of aldehydes is 1. The van der Waals surface area contributed by atoms with E-state index in [1.807, 2.05) is 20.8 Å². The lowest BCUT2D eigenvalue weighted by atomic mass is 9.47. The Labute approximate surface area is 144 Å². The van der Waals surface area contributed by atoms with E-state index in [1.165, 1.54) is 0 Å². The number of fused-ring (bicyclic) bond motifs is 1. The first-order valence-corrected chi connectivity index (χ1v) is 9.04. The van der Waals surface area contributed by atoms with Crippen LogP contribution in [0.3, 0.4) is 0 Å². The lowest BCUT2D eigenvalue weighted by molar-refractivity contribution is -0.170. The average Bonchev–Trinajstić information content (AvgIpc) is 2.49. The van der Waals surface area contributed by atoms with Gasteiger partial charge in [-0.05, 0) is 69.8 Å². The van der Waals surface area contributed by atoms with Crippen LogP contribution in [0.25, 0.3) is 0 Å². The van der Waals surface area contributed by atoms with Crippen LogP contribution in [0.4, 0.5) is 0 Å². The Morgan fingerprint density at radius 1 is 1.29 bits per heavy atom. The third-order valence-corrected chi connectivity index (χ3v) is 6.82. The molecule has 0 aromatic rings. The summed E-state index contributed by atoms with van der Waals surface area (Å²) in [5, 5.41) is 9.79. The highest BCUT2D eigenvalue weighted by Gasteiger charge is 2.58. The zero-order chi connectivity index (χ0) is 18.1. The van der Waals surface area contributed by atoms with Crippen molar-refractivity contribution in [3.63, 3.8) is 0 Å². The number of Topliss-reactive ketones (excluding diaryl/α,β-unsaturated/α-hetero) is 1. The first-order chi connectivity index (χ1) is 11.2. The van der Waals surface area contributed by atoms with Crippen molar-refractivity contribution in [2.24, 2.45) is 22.7 Å². The van der Waals surface area contributed by atoms with E-state index < -0.39 is 11.4 Å². The molecule has 2 aliphatic rings. The van der Waals surface area contributed by atoms with Crippen molar-refractivity contribution in [2.45, 2.75) is 72.6 Å². The maximum absolute atomic E-state index is 12.7. The molecule has 0 saturated heterocycles. The molecule has 134 valence electrons. The molecular formula is C20H30O4. The third kappa shape index (κ3) is 3.07. The standard InChI is InChI=1S/C20H30O4/c1-13(2)14(12-21)6-7-15-16(22)8-9-17-19(15,3)10-5-11-20(17,4)18(23)24/h12,15,17H,5-11H2,1-4H3,(H,23,24)/t15-,17+,19+,20+/m0/s1. The molecule has 2 saturated carbocycles. The first kappa shape index (κ1) is 18.9. The molecular weight excluding hydrogens is 304 g/mol. The van der Waals surface area contributed by atoms with Gasteiger partial charge in [-0.2, -0.15) is 0 Å². The van der Waals surface area contributed by atoms with Gasteiger partial charge in [0.15, 0.2) is 0 Å². The smallest absolute Gasteiger partial charge is 0.309 e. The van der Waals surface area contributed by atoms with E-state index in [-0.39, 0.29) is 23.0 Å². The Balaban J connectivity index is 2.30. The normalized spacial score (nSPS) is 35.9. The molecule has 4 heteroatoms. The molecule has 4 atom stereocenters. The van der Waals surface area contributed by atoms with Gasteiger partial charge in [-0.3, -0.25) is 14.4 Å². The summed E-state index contributed by atoms with van der Waals surface area (Å²) in [5.74, 6) is -0.582. The number of carbonyl (C=O) groups excluding carboxylic acids is 2. The quantitative estimate of drug-likeness (QED) is 0.605. The minimum Gasteiger partial charge on any atom is -0.481 e. The predicted octanol–water partition coefficient (Wildman–Crippen LogP) is 4.18. The molecule has 24 heavy (non-hydrogen) atoms. The lowest BCUT2D eigenvalue weighted by Gasteiger charge is -2.56. The van der Waals surface area contributed by atoms with Crippen LogP contribution in [0.5, 0.6) is 0 Å². The van der Waals surface area contributed by atoms with E-state index in [0.717, 1.165) is 30.3 Å². The number of carbonyl (C=O) groups is 3. The number of carboxylic acid groups (broad SMARTS) is 1. The fourth-order valence-corrected chi connectivity index (χ4v) is 5.28. The van der Waals surface area contributed by atoms with Crippen LogP contribution in [-0.2, 0) is 14.4 Å². The summed E-state index contributed by atoms with van der Waals surface area (Å²) in [6.45, 7) is 7.80. The highest BCUT2D eigenvalue weighted by atomic mass is 16.4. The van der Waals surface area contributed by atoms with Crippen molar-refractivity contribution in [1.29, 1.82) is 0 Å². The second kappa shape index (κ2) is 6.81. The zero-order valence-corrected chi connectivity index (χ0v) is 15.4. The number of hydrogen-bond acceptors (Lipinski definition) is 3. The number of carboxylic acids is 1. The molecule has 0 bridgehead atoms. The number of ketones is 1. The van der Waals surface area contributed by atoms with Gasteiger partial charge in [0, 0.05) is 12.3 Å². The highest BCUT2D eigenvalue weighted by molar-refractivity contribution is 5.84. The zero-order valence-electron chi connectivity index (χ0n) is 15.4. The minimum absolute atomic E-state index is 0.0327. The van der Waals surface area contributed by atoms with Crippen LogP contribution >= 0.6 is 0 Å². The van der Waals surface area contributed by atoms with Crippen LogP contribution < -0.4 is 0 Å². The summed E-state index contributed by atoms with van der Waals surface area (Å²) >= 11 is 0. The summed E-state index contributed by atoms with van der Waals surface area (Å²) < 4.78 is 0. The molecule has 1 N–H and O–H groups in total. The fourth-order valence-electron chi connectivity index (χ4n) is 5.28. The lowest BCUT2D eigenvalue weighted by Crippen LogP contribution is -2.55. The van der Waals surface area contributed by atoms with Crippen molar-refractivity contribution >= 4 is 18.0 Å². The third-order valence-electron chi connectivity index (χ3n) is 6.82. The molecule has 2 fully saturated rings. The summed E-state index contributed by atoms with van der Waals surface area (Å²) in [5.41, 5.74) is 0.756. The van der Waals surface area contributed by atoms with Crippen molar-refractivity contribution in [3.05, 3.63) is 11.1 Å². The molecule has 0 aromatic carbocycles. The molecule has 2 rings (SSSR count). The Bertz CT molecular complexity index is 572. The number of hydrogen-bond donors (Lipinski definition) is 1. The van der Waals surface area contributed by atoms with Gasteiger partial charge in [0.25, 0.3) is 0 Å². The molecule has 0 aliphatic heterocycles. The van der Waals surface area contributed by atoms with Crippen molar-refractivity contribution in [2.75, 3.05) is 0 Å². The summed E-state index contributed by atoms with van der Waals surface area (Å²) in [6, 6.07) is 0. The van der Waals surface area contributed by atoms with E-state index >= 15 is 0 Å². The van der Waals surface area contributed by atoms with Crippen LogP contribution in [0.1, 0.15) is 72.6 Å².